The number of halogens is 2. The van der Waals surface area contributed by atoms with Gasteiger partial charge in [-0.15, -0.1) is 0 Å². The molecule has 0 radical (unpaired) electrons. The van der Waals surface area contributed by atoms with Crippen LogP contribution in [0.4, 0.5) is 8.78 Å². The molecule has 4 nitrogen and oxygen atoms in total. The van der Waals surface area contributed by atoms with Crippen LogP contribution in [0.15, 0.2) is 42.5 Å². The summed E-state index contributed by atoms with van der Waals surface area (Å²) in [5, 5.41) is 0. The molecule has 0 saturated carbocycles. The molecule has 0 saturated heterocycles. The standard InChI is InChI=1S/C24H28F2O4/c1-2-3-4-5-6-7-8-9-14-29-23(27)18-10-12-19(13-11-18)24(28)30-22-16-20(25)15-21(26)17-22/h10-13,15-17H,2-9,14H2,1H3. The SMILES string of the molecule is CCCCCCCCCCOC(=O)c1ccc(C(=O)Oc2cc(F)cc(F)c2)cc1. The van der Waals surface area contributed by atoms with E-state index < -0.39 is 23.6 Å². The third kappa shape index (κ3) is 8.31. The van der Waals surface area contributed by atoms with Crippen LogP contribution in [-0.2, 0) is 4.74 Å². The number of unbranched alkanes of at least 4 members (excludes halogenated alkanes) is 7. The summed E-state index contributed by atoms with van der Waals surface area (Å²) in [6.45, 7) is 2.56. The highest BCUT2D eigenvalue weighted by Crippen LogP contribution is 2.17. The normalized spacial score (nSPS) is 10.6. The fourth-order valence-electron chi connectivity index (χ4n) is 2.98. The molecular formula is C24H28F2O4. The molecule has 6 heteroatoms. The fraction of sp³-hybridized carbons (Fsp3) is 0.417. The van der Waals surface area contributed by atoms with Crippen molar-refractivity contribution in [1.82, 2.24) is 0 Å². The summed E-state index contributed by atoms with van der Waals surface area (Å²) in [5.41, 5.74) is 0.474. The number of carbonyl (C=O) groups excluding carboxylic acids is 2. The van der Waals surface area contributed by atoms with E-state index >= 15 is 0 Å². The van der Waals surface area contributed by atoms with Crippen molar-refractivity contribution in [2.75, 3.05) is 6.61 Å². The first-order valence-corrected chi connectivity index (χ1v) is 10.4. The molecule has 0 aromatic heterocycles. The molecule has 0 fully saturated rings. The van der Waals surface area contributed by atoms with Gasteiger partial charge in [0.25, 0.3) is 0 Å². The predicted octanol–water partition coefficient (Wildman–Crippen LogP) is 6.48. The molecule has 0 atom stereocenters. The van der Waals surface area contributed by atoms with Gasteiger partial charge in [-0.3, -0.25) is 0 Å². The molecule has 0 aliphatic carbocycles. The van der Waals surface area contributed by atoms with Gasteiger partial charge in [0.15, 0.2) is 0 Å². The largest absolute Gasteiger partial charge is 0.462 e. The van der Waals surface area contributed by atoms with Crippen molar-refractivity contribution in [3.05, 3.63) is 65.2 Å². The zero-order valence-corrected chi connectivity index (χ0v) is 17.3. The first-order valence-electron chi connectivity index (χ1n) is 10.4. The van der Waals surface area contributed by atoms with Crippen LogP contribution in [0.5, 0.6) is 5.75 Å². The molecule has 0 aliphatic heterocycles. The first-order chi connectivity index (χ1) is 14.5. The Balaban J connectivity index is 1.72. The second-order valence-corrected chi connectivity index (χ2v) is 7.18. The van der Waals surface area contributed by atoms with Gasteiger partial charge in [0.05, 0.1) is 17.7 Å². The van der Waals surface area contributed by atoms with Crippen LogP contribution in [-0.4, -0.2) is 18.5 Å². The topological polar surface area (TPSA) is 52.6 Å². The zero-order chi connectivity index (χ0) is 21.8. The monoisotopic (exact) mass is 418 g/mol. The molecule has 0 N–H and O–H groups in total. The van der Waals surface area contributed by atoms with Crippen molar-refractivity contribution >= 4 is 11.9 Å². The number of hydrogen-bond donors (Lipinski definition) is 0. The maximum absolute atomic E-state index is 13.2. The number of rotatable bonds is 12. The Morgan fingerprint density at radius 1 is 0.733 bits per heavy atom. The Hall–Kier alpha value is -2.76. The lowest BCUT2D eigenvalue weighted by Crippen LogP contribution is -2.10. The number of carbonyl (C=O) groups is 2. The quantitative estimate of drug-likeness (QED) is 0.225. The summed E-state index contributed by atoms with van der Waals surface area (Å²) in [5.74, 6) is -3.14. The molecule has 2 aromatic carbocycles. The van der Waals surface area contributed by atoms with E-state index in [-0.39, 0.29) is 11.3 Å². The Kier molecular flexibility index (Phi) is 9.98. The maximum Gasteiger partial charge on any atom is 0.343 e. The number of benzene rings is 2. The van der Waals surface area contributed by atoms with Crippen LogP contribution in [0, 0.1) is 11.6 Å². The highest BCUT2D eigenvalue weighted by Gasteiger charge is 2.13. The fourth-order valence-corrected chi connectivity index (χ4v) is 2.98. The number of esters is 2. The van der Waals surface area contributed by atoms with E-state index in [1.165, 1.54) is 56.4 Å². The van der Waals surface area contributed by atoms with E-state index in [1.54, 1.807) is 0 Å². The summed E-state index contributed by atoms with van der Waals surface area (Å²) >= 11 is 0. The van der Waals surface area contributed by atoms with Gasteiger partial charge in [0.1, 0.15) is 17.4 Å². The minimum atomic E-state index is -0.840. The van der Waals surface area contributed by atoms with Gasteiger partial charge in [-0.2, -0.15) is 0 Å². The van der Waals surface area contributed by atoms with Crippen LogP contribution >= 0.6 is 0 Å². The van der Waals surface area contributed by atoms with Gasteiger partial charge < -0.3 is 9.47 Å². The lowest BCUT2D eigenvalue weighted by molar-refractivity contribution is 0.0497. The Labute approximate surface area is 176 Å². The summed E-state index contributed by atoms with van der Waals surface area (Å²) in [6, 6.07) is 8.24. The third-order valence-corrected chi connectivity index (χ3v) is 4.63. The molecule has 0 aliphatic rings. The number of ether oxygens (including phenoxy) is 2. The average Bonchev–Trinajstić information content (AvgIpc) is 2.71. The van der Waals surface area contributed by atoms with Crippen molar-refractivity contribution in [1.29, 1.82) is 0 Å². The van der Waals surface area contributed by atoms with Crippen LogP contribution in [0.3, 0.4) is 0 Å². The third-order valence-electron chi connectivity index (χ3n) is 4.63. The number of hydrogen-bond acceptors (Lipinski definition) is 4. The molecule has 0 spiro atoms. The van der Waals surface area contributed by atoms with Gasteiger partial charge in [0, 0.05) is 18.2 Å². The van der Waals surface area contributed by atoms with Gasteiger partial charge in [-0.1, -0.05) is 51.9 Å². The van der Waals surface area contributed by atoms with E-state index in [0.29, 0.717) is 18.2 Å². The highest BCUT2D eigenvalue weighted by atomic mass is 19.1. The highest BCUT2D eigenvalue weighted by molar-refractivity contribution is 5.94. The summed E-state index contributed by atoms with van der Waals surface area (Å²) in [4.78, 5) is 24.2. The molecule has 30 heavy (non-hydrogen) atoms. The van der Waals surface area contributed by atoms with E-state index in [4.69, 9.17) is 9.47 Å². The maximum atomic E-state index is 13.2. The second-order valence-electron chi connectivity index (χ2n) is 7.18. The van der Waals surface area contributed by atoms with Crippen molar-refractivity contribution in [3.8, 4) is 5.75 Å². The minimum Gasteiger partial charge on any atom is -0.462 e. The minimum absolute atomic E-state index is 0.152. The second kappa shape index (κ2) is 12.7. The Bertz CT molecular complexity index is 798. The van der Waals surface area contributed by atoms with Crippen LogP contribution in [0.1, 0.15) is 79.0 Å². The van der Waals surface area contributed by atoms with E-state index in [9.17, 15) is 18.4 Å². The lowest BCUT2D eigenvalue weighted by Gasteiger charge is -2.07. The molecular weight excluding hydrogens is 390 g/mol. The van der Waals surface area contributed by atoms with E-state index in [2.05, 4.69) is 6.92 Å². The lowest BCUT2D eigenvalue weighted by atomic mass is 10.1. The molecule has 0 bridgehead atoms. The van der Waals surface area contributed by atoms with E-state index in [1.807, 2.05) is 0 Å². The van der Waals surface area contributed by atoms with Gasteiger partial charge in [-0.25, -0.2) is 18.4 Å². The van der Waals surface area contributed by atoms with Crippen LogP contribution in [0.2, 0.25) is 0 Å². The van der Waals surface area contributed by atoms with E-state index in [0.717, 1.165) is 31.4 Å². The van der Waals surface area contributed by atoms with Crippen molar-refractivity contribution in [2.45, 2.75) is 58.3 Å². The molecule has 2 aromatic rings. The summed E-state index contributed by atoms with van der Waals surface area (Å²) in [6.07, 6.45) is 9.30. The summed E-state index contributed by atoms with van der Waals surface area (Å²) in [7, 11) is 0. The van der Waals surface area contributed by atoms with Gasteiger partial charge >= 0.3 is 11.9 Å². The van der Waals surface area contributed by atoms with Gasteiger partial charge in [0.2, 0.25) is 0 Å². The predicted molar refractivity (Wildman–Crippen MR) is 111 cm³/mol. The van der Waals surface area contributed by atoms with Crippen molar-refractivity contribution in [3.63, 3.8) is 0 Å². The van der Waals surface area contributed by atoms with Crippen LogP contribution < -0.4 is 4.74 Å². The molecule has 162 valence electrons. The summed E-state index contributed by atoms with van der Waals surface area (Å²) < 4.78 is 36.6. The van der Waals surface area contributed by atoms with Crippen molar-refractivity contribution in [2.24, 2.45) is 0 Å². The first kappa shape index (κ1) is 23.5. The Morgan fingerprint density at radius 2 is 1.23 bits per heavy atom. The zero-order valence-electron chi connectivity index (χ0n) is 17.3. The smallest absolute Gasteiger partial charge is 0.343 e. The molecule has 0 amide bonds. The Morgan fingerprint density at radius 3 is 1.80 bits per heavy atom. The molecule has 0 heterocycles. The van der Waals surface area contributed by atoms with Crippen LogP contribution in [0.25, 0.3) is 0 Å². The molecule has 0 unspecified atom stereocenters. The molecule has 2 rings (SSSR count). The van der Waals surface area contributed by atoms with Gasteiger partial charge in [-0.05, 0) is 30.7 Å². The van der Waals surface area contributed by atoms with Crippen molar-refractivity contribution < 1.29 is 27.8 Å². The average molecular weight is 418 g/mol.